The smallest absolute Gasteiger partial charge is 0.309 e. The van der Waals surface area contributed by atoms with E-state index in [0.29, 0.717) is 30.7 Å². The van der Waals surface area contributed by atoms with Gasteiger partial charge in [-0.15, -0.1) is 0 Å². The highest BCUT2D eigenvalue weighted by Crippen LogP contribution is 2.40. The van der Waals surface area contributed by atoms with Gasteiger partial charge in [-0.05, 0) is 50.4 Å². The van der Waals surface area contributed by atoms with Gasteiger partial charge in [-0.3, -0.25) is 4.79 Å². The van der Waals surface area contributed by atoms with Gasteiger partial charge in [-0.1, -0.05) is 6.92 Å². The molecule has 0 aromatic carbocycles. The van der Waals surface area contributed by atoms with Crippen LogP contribution < -0.4 is 0 Å². The molecule has 4 nitrogen and oxygen atoms in total. The van der Waals surface area contributed by atoms with Crippen molar-refractivity contribution in [1.82, 2.24) is 0 Å². The summed E-state index contributed by atoms with van der Waals surface area (Å²) in [5.41, 5.74) is 0. The molecule has 0 amide bonds. The molecule has 19 heavy (non-hydrogen) atoms. The van der Waals surface area contributed by atoms with Gasteiger partial charge in [0.15, 0.2) is 0 Å². The number of hydrogen-bond acceptors (Lipinski definition) is 4. The maximum absolute atomic E-state index is 12.0. The monoisotopic (exact) mass is 268 g/mol. The van der Waals surface area contributed by atoms with Gasteiger partial charge in [-0.2, -0.15) is 0 Å². The van der Waals surface area contributed by atoms with Crippen LogP contribution in [0.3, 0.4) is 0 Å². The Labute approximate surface area is 114 Å². The van der Waals surface area contributed by atoms with Crippen LogP contribution in [0.2, 0.25) is 0 Å². The highest BCUT2D eigenvalue weighted by Gasteiger charge is 2.46. The van der Waals surface area contributed by atoms with Crippen LogP contribution in [0.5, 0.6) is 0 Å². The van der Waals surface area contributed by atoms with Crippen molar-refractivity contribution in [3.8, 4) is 0 Å². The first-order valence-corrected chi connectivity index (χ1v) is 7.63. The third-order valence-electron chi connectivity index (χ3n) is 5.03. The molecule has 5 unspecified atom stereocenters. The number of aliphatic hydroxyl groups excluding tert-OH is 1. The molecule has 1 aliphatic heterocycles. The third-order valence-corrected chi connectivity index (χ3v) is 5.03. The van der Waals surface area contributed by atoms with Gasteiger partial charge in [0, 0.05) is 0 Å². The van der Waals surface area contributed by atoms with Crippen molar-refractivity contribution in [1.29, 1.82) is 0 Å². The van der Waals surface area contributed by atoms with Crippen LogP contribution in [-0.4, -0.2) is 36.0 Å². The molecule has 1 saturated heterocycles. The number of epoxide rings is 1. The lowest BCUT2D eigenvalue weighted by Gasteiger charge is -2.31. The number of carbonyl (C=O) groups excluding carboxylic acids is 1. The van der Waals surface area contributed by atoms with Crippen molar-refractivity contribution in [2.75, 3.05) is 6.61 Å². The predicted molar refractivity (Wildman–Crippen MR) is 69.5 cm³/mol. The average molecular weight is 268 g/mol. The van der Waals surface area contributed by atoms with E-state index in [1.807, 2.05) is 0 Å². The van der Waals surface area contributed by atoms with Crippen LogP contribution in [0.25, 0.3) is 0 Å². The van der Waals surface area contributed by atoms with Crippen LogP contribution >= 0.6 is 0 Å². The lowest BCUT2D eigenvalue weighted by molar-refractivity contribution is -0.151. The zero-order valence-corrected chi connectivity index (χ0v) is 11.6. The fourth-order valence-electron chi connectivity index (χ4n) is 3.58. The van der Waals surface area contributed by atoms with Crippen LogP contribution in [0.1, 0.15) is 45.4 Å². The SMILES string of the molecule is C[C@@H]1CC(COC(=O)C2CCC3OC3C2)CCC1O. The van der Waals surface area contributed by atoms with Gasteiger partial charge < -0.3 is 14.6 Å². The second-order valence-corrected chi connectivity index (χ2v) is 6.58. The Morgan fingerprint density at radius 1 is 1.21 bits per heavy atom. The lowest BCUT2D eigenvalue weighted by Crippen LogP contribution is -2.31. The summed E-state index contributed by atoms with van der Waals surface area (Å²) < 4.78 is 10.9. The standard InChI is InChI=1S/C15H24O4/c1-9-6-10(2-4-12(9)16)8-18-15(17)11-3-5-13-14(7-11)19-13/h9-14,16H,2-8H2,1H3/t9-,10?,11?,12?,13?,14?/m1/s1. The van der Waals surface area contributed by atoms with Gasteiger partial charge in [0.05, 0.1) is 30.8 Å². The summed E-state index contributed by atoms with van der Waals surface area (Å²) in [7, 11) is 0. The number of ether oxygens (including phenoxy) is 2. The van der Waals surface area contributed by atoms with Gasteiger partial charge >= 0.3 is 5.97 Å². The van der Waals surface area contributed by atoms with Crippen LogP contribution in [0, 0.1) is 17.8 Å². The number of esters is 1. The fraction of sp³-hybridized carbons (Fsp3) is 0.933. The zero-order valence-electron chi connectivity index (χ0n) is 11.6. The molecule has 3 aliphatic rings. The molecular weight excluding hydrogens is 244 g/mol. The van der Waals surface area contributed by atoms with Crippen LogP contribution in [-0.2, 0) is 14.3 Å². The molecule has 6 atom stereocenters. The summed E-state index contributed by atoms with van der Waals surface area (Å²) in [5.74, 6) is 0.770. The molecule has 108 valence electrons. The Morgan fingerprint density at radius 3 is 2.79 bits per heavy atom. The van der Waals surface area contributed by atoms with Crippen molar-refractivity contribution in [2.45, 2.75) is 63.8 Å². The van der Waals surface area contributed by atoms with Gasteiger partial charge in [-0.25, -0.2) is 0 Å². The minimum atomic E-state index is -0.172. The summed E-state index contributed by atoms with van der Waals surface area (Å²) in [6, 6.07) is 0. The molecule has 0 radical (unpaired) electrons. The molecule has 0 bridgehead atoms. The first-order chi connectivity index (χ1) is 9.13. The molecule has 0 aromatic heterocycles. The molecular formula is C15H24O4. The van der Waals surface area contributed by atoms with E-state index in [-0.39, 0.29) is 18.0 Å². The van der Waals surface area contributed by atoms with Gasteiger partial charge in [0.1, 0.15) is 0 Å². The van der Waals surface area contributed by atoms with Gasteiger partial charge in [0.2, 0.25) is 0 Å². The molecule has 0 aromatic rings. The molecule has 4 heteroatoms. The Bertz CT molecular complexity index is 343. The number of fused-ring (bicyclic) bond motifs is 1. The van der Waals surface area contributed by atoms with Crippen molar-refractivity contribution in [3.63, 3.8) is 0 Å². The van der Waals surface area contributed by atoms with Crippen LogP contribution in [0.4, 0.5) is 0 Å². The molecule has 3 rings (SSSR count). The molecule has 2 saturated carbocycles. The quantitative estimate of drug-likeness (QED) is 0.627. The first-order valence-electron chi connectivity index (χ1n) is 7.63. The van der Waals surface area contributed by atoms with Crippen LogP contribution in [0.15, 0.2) is 0 Å². The second kappa shape index (κ2) is 5.41. The Morgan fingerprint density at radius 2 is 2.05 bits per heavy atom. The summed E-state index contributed by atoms with van der Waals surface area (Å²) in [4.78, 5) is 12.0. The van der Waals surface area contributed by atoms with E-state index in [4.69, 9.17) is 9.47 Å². The molecule has 1 N–H and O–H groups in total. The predicted octanol–water partition coefficient (Wildman–Crippen LogP) is 1.89. The number of aliphatic hydroxyl groups is 1. The van der Waals surface area contributed by atoms with E-state index in [1.165, 1.54) is 0 Å². The van der Waals surface area contributed by atoms with Gasteiger partial charge in [0.25, 0.3) is 0 Å². The number of hydrogen-bond donors (Lipinski definition) is 1. The normalized spacial score (nSPS) is 45.4. The number of carbonyl (C=O) groups is 1. The highest BCUT2D eigenvalue weighted by molar-refractivity contribution is 5.72. The van der Waals surface area contributed by atoms with Crippen molar-refractivity contribution in [2.24, 2.45) is 17.8 Å². The minimum Gasteiger partial charge on any atom is -0.465 e. The van der Waals surface area contributed by atoms with E-state index < -0.39 is 0 Å². The van der Waals surface area contributed by atoms with E-state index in [9.17, 15) is 9.90 Å². The average Bonchev–Trinajstić information content (AvgIpc) is 3.18. The summed E-state index contributed by atoms with van der Waals surface area (Å²) in [6.45, 7) is 2.60. The molecule has 1 heterocycles. The minimum absolute atomic E-state index is 0.0345. The Hall–Kier alpha value is -0.610. The largest absolute Gasteiger partial charge is 0.465 e. The Balaban J connectivity index is 1.40. The van der Waals surface area contributed by atoms with Crippen molar-refractivity contribution < 1.29 is 19.4 Å². The summed E-state index contributed by atoms with van der Waals surface area (Å²) in [6.07, 6.45) is 6.14. The number of rotatable bonds is 3. The lowest BCUT2D eigenvalue weighted by atomic mass is 9.81. The topological polar surface area (TPSA) is 59.1 Å². The maximum atomic E-state index is 12.0. The zero-order chi connectivity index (χ0) is 13.4. The molecule has 2 aliphatic carbocycles. The highest BCUT2D eigenvalue weighted by atomic mass is 16.6. The van der Waals surface area contributed by atoms with E-state index in [1.54, 1.807) is 0 Å². The fourth-order valence-corrected chi connectivity index (χ4v) is 3.58. The van der Waals surface area contributed by atoms with Crippen molar-refractivity contribution in [3.05, 3.63) is 0 Å². The van der Waals surface area contributed by atoms with Crippen molar-refractivity contribution >= 4 is 5.97 Å². The van der Waals surface area contributed by atoms with E-state index >= 15 is 0 Å². The summed E-state index contributed by atoms with van der Waals surface area (Å²) in [5, 5.41) is 9.69. The van der Waals surface area contributed by atoms with E-state index in [2.05, 4.69) is 6.92 Å². The first kappa shape index (κ1) is 13.4. The van der Waals surface area contributed by atoms with E-state index in [0.717, 1.165) is 38.5 Å². The maximum Gasteiger partial charge on any atom is 0.309 e. The second-order valence-electron chi connectivity index (χ2n) is 6.58. The molecule has 0 spiro atoms. The molecule has 3 fully saturated rings. The summed E-state index contributed by atoms with van der Waals surface area (Å²) >= 11 is 0. The Kier molecular flexibility index (Phi) is 3.81. The third kappa shape index (κ3) is 3.11.